The highest BCUT2D eigenvalue weighted by atomic mass is 32.2. The van der Waals surface area contributed by atoms with Crippen molar-refractivity contribution >= 4 is 17.6 Å². The topological polar surface area (TPSA) is 63.6 Å². The van der Waals surface area contributed by atoms with Gasteiger partial charge in [-0.15, -0.1) is 0 Å². The second-order valence-corrected chi connectivity index (χ2v) is 3.01. The van der Waals surface area contributed by atoms with Crippen LogP contribution < -0.4 is 0 Å². The van der Waals surface area contributed by atoms with Crippen LogP contribution in [0.5, 0.6) is 0 Å². The molecule has 0 aliphatic carbocycles. The summed E-state index contributed by atoms with van der Waals surface area (Å²) in [5.41, 5.74) is 1.31. The van der Waals surface area contributed by atoms with Gasteiger partial charge in [-0.05, 0) is 5.56 Å². The Labute approximate surface area is 78.0 Å². The number of rotatable bonds is 4. The second kappa shape index (κ2) is 4.86. The quantitative estimate of drug-likeness (QED) is 0.585. The van der Waals surface area contributed by atoms with Crippen LogP contribution in [0.25, 0.3) is 0 Å². The molecule has 0 spiro atoms. The van der Waals surface area contributed by atoms with Gasteiger partial charge in [0.25, 0.3) is 0 Å². The number of hydrogen-bond acceptors (Lipinski definition) is 3. The highest BCUT2D eigenvalue weighted by Crippen LogP contribution is 2.04. The Hall–Kier alpha value is -1.04. The molecule has 5 heteroatoms. The van der Waals surface area contributed by atoms with E-state index in [0.717, 1.165) is 11.8 Å². The highest BCUT2D eigenvalue weighted by molar-refractivity contribution is 7.74. The highest BCUT2D eigenvalue weighted by Gasteiger charge is 1.96. The van der Waals surface area contributed by atoms with E-state index in [-0.39, 0.29) is 6.61 Å². The molecular formula is C8H8O4S. The normalized spacial score (nSPS) is 12.4. The van der Waals surface area contributed by atoms with Gasteiger partial charge < -0.3 is 0 Å². The molecule has 1 aromatic carbocycles. The summed E-state index contributed by atoms with van der Waals surface area (Å²) in [7, 11) is 0. The minimum absolute atomic E-state index is 0.0578. The lowest BCUT2D eigenvalue weighted by Crippen LogP contribution is -1.95. The molecule has 0 saturated carbocycles. The Morgan fingerprint density at radius 1 is 1.38 bits per heavy atom. The van der Waals surface area contributed by atoms with Gasteiger partial charge in [-0.1, -0.05) is 24.3 Å². The van der Waals surface area contributed by atoms with E-state index in [1.54, 1.807) is 24.3 Å². The van der Waals surface area contributed by atoms with Gasteiger partial charge in [-0.25, -0.2) is 0 Å². The number of benzene rings is 1. The van der Waals surface area contributed by atoms with E-state index < -0.39 is 11.4 Å². The molecule has 4 nitrogen and oxygen atoms in total. The average Bonchev–Trinajstić information content (AvgIpc) is 2.15. The van der Waals surface area contributed by atoms with Gasteiger partial charge in [0.15, 0.2) is 0 Å². The Bertz CT molecular complexity index is 306. The second-order valence-electron chi connectivity index (χ2n) is 2.34. The van der Waals surface area contributed by atoms with Crippen LogP contribution in [0.1, 0.15) is 15.9 Å². The van der Waals surface area contributed by atoms with E-state index >= 15 is 0 Å². The molecule has 13 heavy (non-hydrogen) atoms. The molecule has 0 amide bonds. The number of hydrogen-bond donors (Lipinski definition) is 1. The third kappa shape index (κ3) is 3.45. The lowest BCUT2D eigenvalue weighted by atomic mass is 10.2. The molecular weight excluding hydrogens is 192 g/mol. The van der Waals surface area contributed by atoms with E-state index in [2.05, 4.69) is 4.18 Å². The predicted molar refractivity (Wildman–Crippen MR) is 47.4 cm³/mol. The van der Waals surface area contributed by atoms with Crippen LogP contribution in [0, 0.1) is 0 Å². The van der Waals surface area contributed by atoms with Gasteiger partial charge in [-0.3, -0.25) is 13.5 Å². The largest absolute Gasteiger partial charge is 0.302 e. The van der Waals surface area contributed by atoms with Crippen LogP contribution in [0.4, 0.5) is 0 Å². The van der Waals surface area contributed by atoms with Crippen LogP contribution in [0.2, 0.25) is 0 Å². The van der Waals surface area contributed by atoms with Gasteiger partial charge >= 0.3 is 11.4 Å². The van der Waals surface area contributed by atoms with Crippen molar-refractivity contribution in [2.45, 2.75) is 6.61 Å². The molecule has 0 saturated heterocycles. The van der Waals surface area contributed by atoms with Crippen molar-refractivity contribution in [3.05, 3.63) is 35.4 Å². The average molecular weight is 200 g/mol. The van der Waals surface area contributed by atoms with Crippen molar-refractivity contribution in [3.63, 3.8) is 0 Å². The maximum absolute atomic E-state index is 10.3. The summed E-state index contributed by atoms with van der Waals surface area (Å²) < 4.78 is 22.9. The van der Waals surface area contributed by atoms with Crippen LogP contribution in [0.3, 0.4) is 0 Å². The van der Waals surface area contributed by atoms with E-state index in [1.807, 2.05) is 0 Å². The molecule has 0 bridgehead atoms. The maximum Gasteiger partial charge on any atom is 0.302 e. The van der Waals surface area contributed by atoms with E-state index in [9.17, 15) is 9.00 Å². The first-order valence-electron chi connectivity index (χ1n) is 3.50. The van der Waals surface area contributed by atoms with Crippen molar-refractivity contribution in [2.24, 2.45) is 0 Å². The number of aldehydes is 1. The van der Waals surface area contributed by atoms with Crippen LogP contribution in [0.15, 0.2) is 24.3 Å². The smallest absolute Gasteiger partial charge is 0.298 e. The zero-order valence-corrected chi connectivity index (χ0v) is 7.49. The summed E-state index contributed by atoms with van der Waals surface area (Å²) >= 11 is -2.24. The summed E-state index contributed by atoms with van der Waals surface area (Å²) in [6.07, 6.45) is 0.731. The van der Waals surface area contributed by atoms with Crippen molar-refractivity contribution < 1.29 is 17.7 Å². The van der Waals surface area contributed by atoms with Crippen molar-refractivity contribution in [1.82, 2.24) is 0 Å². The molecule has 0 aliphatic heterocycles. The molecule has 0 heterocycles. The summed E-state index contributed by atoms with van der Waals surface area (Å²) in [5.74, 6) is 0. The molecule has 70 valence electrons. The molecule has 0 aliphatic rings. The van der Waals surface area contributed by atoms with Crippen molar-refractivity contribution in [1.29, 1.82) is 0 Å². The zero-order chi connectivity index (χ0) is 9.68. The van der Waals surface area contributed by atoms with E-state index in [1.165, 1.54) is 0 Å². The van der Waals surface area contributed by atoms with Gasteiger partial charge in [0, 0.05) is 5.56 Å². The van der Waals surface area contributed by atoms with Crippen LogP contribution in [-0.4, -0.2) is 15.0 Å². The molecule has 0 radical (unpaired) electrons. The van der Waals surface area contributed by atoms with Crippen LogP contribution in [-0.2, 0) is 22.2 Å². The SMILES string of the molecule is O=Cc1ccc(COS(=O)O)cc1. The van der Waals surface area contributed by atoms with Gasteiger partial charge in [-0.2, -0.15) is 4.21 Å². The summed E-state index contributed by atoms with van der Waals surface area (Å²) in [5, 5.41) is 0. The minimum Gasteiger partial charge on any atom is -0.298 e. The lowest BCUT2D eigenvalue weighted by Gasteiger charge is -1.98. The Morgan fingerprint density at radius 3 is 2.46 bits per heavy atom. The minimum atomic E-state index is -2.24. The van der Waals surface area contributed by atoms with Crippen LogP contribution >= 0.6 is 0 Å². The summed E-state index contributed by atoms with van der Waals surface area (Å²) in [6.45, 7) is 0.0578. The van der Waals surface area contributed by atoms with Crippen molar-refractivity contribution in [2.75, 3.05) is 0 Å². The van der Waals surface area contributed by atoms with E-state index in [0.29, 0.717) is 5.56 Å². The van der Waals surface area contributed by atoms with E-state index in [4.69, 9.17) is 4.55 Å². The fraction of sp³-hybridized carbons (Fsp3) is 0.125. The Kier molecular flexibility index (Phi) is 3.75. The number of carbonyl (C=O) groups excluding carboxylic acids is 1. The molecule has 0 aromatic heterocycles. The third-order valence-corrected chi connectivity index (χ3v) is 1.76. The Balaban J connectivity index is 2.59. The fourth-order valence-corrected chi connectivity index (χ4v) is 1.05. The van der Waals surface area contributed by atoms with Gasteiger partial charge in [0.2, 0.25) is 0 Å². The molecule has 1 atom stereocenters. The zero-order valence-electron chi connectivity index (χ0n) is 6.67. The first-order chi connectivity index (χ1) is 6.22. The Morgan fingerprint density at radius 2 is 2.00 bits per heavy atom. The third-order valence-electron chi connectivity index (χ3n) is 1.44. The molecule has 1 rings (SSSR count). The first kappa shape index (κ1) is 10.0. The lowest BCUT2D eigenvalue weighted by molar-refractivity contribution is 0.112. The monoisotopic (exact) mass is 200 g/mol. The van der Waals surface area contributed by atoms with Gasteiger partial charge in [0.05, 0.1) is 6.61 Å². The molecule has 1 unspecified atom stereocenters. The molecule has 0 fully saturated rings. The predicted octanol–water partition coefficient (Wildman–Crippen LogP) is 1.15. The first-order valence-corrected chi connectivity index (χ1v) is 4.54. The fourth-order valence-electron chi connectivity index (χ4n) is 0.811. The maximum atomic E-state index is 10.3. The van der Waals surface area contributed by atoms with Crippen molar-refractivity contribution in [3.8, 4) is 0 Å². The summed E-state index contributed by atoms with van der Waals surface area (Å²) in [4.78, 5) is 10.3. The molecule has 1 aromatic rings. The van der Waals surface area contributed by atoms with Gasteiger partial charge in [0.1, 0.15) is 6.29 Å². The summed E-state index contributed by atoms with van der Waals surface area (Å²) in [6, 6.07) is 6.56. The molecule has 1 N–H and O–H groups in total. The number of carbonyl (C=O) groups is 1. The standard InChI is InChI=1S/C8H8O4S/c9-5-7-1-3-8(4-2-7)6-12-13(10)11/h1-5H,6H2,(H,10,11).